The van der Waals surface area contributed by atoms with E-state index in [2.05, 4.69) is 20.7 Å². The molecule has 2 aromatic carbocycles. The maximum Gasteiger partial charge on any atom is 0.264 e. The monoisotopic (exact) mass is 432 g/mol. The molecule has 1 aromatic heterocycles. The van der Waals surface area contributed by atoms with E-state index in [4.69, 9.17) is 29.0 Å². The molecular formula is C19H18Cl2N6S. The summed E-state index contributed by atoms with van der Waals surface area (Å²) in [5.74, 6) is 7.03. The van der Waals surface area contributed by atoms with E-state index in [0.717, 1.165) is 16.8 Å². The van der Waals surface area contributed by atoms with Gasteiger partial charge in [0.2, 0.25) is 5.16 Å². The summed E-state index contributed by atoms with van der Waals surface area (Å²) in [6, 6.07) is 15.5. The van der Waals surface area contributed by atoms with Crippen LogP contribution in [0, 0.1) is 0 Å². The number of rotatable bonds is 7. The zero-order valence-electron chi connectivity index (χ0n) is 15.0. The third kappa shape index (κ3) is 5.51. The summed E-state index contributed by atoms with van der Waals surface area (Å²) in [7, 11) is 0. The third-order valence-corrected chi connectivity index (χ3v) is 5.42. The average Bonchev–Trinajstić information content (AvgIpc) is 3.06. The fourth-order valence-corrected chi connectivity index (χ4v) is 3.31. The van der Waals surface area contributed by atoms with Gasteiger partial charge in [0, 0.05) is 5.75 Å². The van der Waals surface area contributed by atoms with Crippen molar-refractivity contribution in [1.29, 1.82) is 0 Å². The summed E-state index contributed by atoms with van der Waals surface area (Å²) in [6.45, 7) is 1.88. The van der Waals surface area contributed by atoms with E-state index in [0.29, 0.717) is 26.9 Å². The number of allylic oxidation sites excluding steroid dienone is 1. The summed E-state index contributed by atoms with van der Waals surface area (Å²) in [5.41, 5.74) is 5.72. The van der Waals surface area contributed by atoms with E-state index in [-0.39, 0.29) is 0 Å². The first-order chi connectivity index (χ1) is 13.5. The van der Waals surface area contributed by atoms with Crippen LogP contribution in [0.15, 0.2) is 64.9 Å². The van der Waals surface area contributed by atoms with Crippen LogP contribution in [0.1, 0.15) is 18.1 Å². The number of benzene rings is 2. The Morgan fingerprint density at radius 3 is 2.71 bits per heavy atom. The molecule has 3 N–H and O–H groups in total. The molecule has 0 saturated heterocycles. The number of nitrogen functional groups attached to an aromatic ring is 1. The van der Waals surface area contributed by atoms with Crippen molar-refractivity contribution in [1.82, 2.24) is 14.9 Å². The number of nitrogens with two attached hydrogens (primary N) is 1. The number of nitrogens with one attached hydrogen (secondary N) is 1. The molecule has 1 heterocycles. The molecule has 144 valence electrons. The van der Waals surface area contributed by atoms with Crippen molar-refractivity contribution in [3.63, 3.8) is 0 Å². The molecular weight excluding hydrogens is 415 g/mol. The zero-order chi connectivity index (χ0) is 19.9. The summed E-state index contributed by atoms with van der Waals surface area (Å²) in [4.78, 5) is 0. The molecule has 0 unspecified atom stereocenters. The number of hydrogen-bond donors (Lipinski definition) is 2. The van der Waals surface area contributed by atoms with E-state index in [1.165, 1.54) is 16.4 Å². The quantitative estimate of drug-likeness (QED) is 0.235. The second-order valence-corrected chi connectivity index (χ2v) is 7.58. The van der Waals surface area contributed by atoms with Crippen LogP contribution in [-0.4, -0.2) is 20.6 Å². The van der Waals surface area contributed by atoms with Crippen molar-refractivity contribution in [3.05, 3.63) is 75.8 Å². The molecule has 0 spiro atoms. The van der Waals surface area contributed by atoms with E-state index in [1.54, 1.807) is 6.07 Å². The minimum atomic E-state index is 0.351. The maximum atomic E-state index is 6.05. The van der Waals surface area contributed by atoms with Gasteiger partial charge in [0.15, 0.2) is 0 Å². The molecule has 0 aliphatic carbocycles. The van der Waals surface area contributed by atoms with Crippen LogP contribution >= 0.6 is 35.0 Å². The van der Waals surface area contributed by atoms with Crippen LogP contribution in [0.4, 0.5) is 5.95 Å². The van der Waals surface area contributed by atoms with Gasteiger partial charge in [-0.05, 0) is 36.3 Å². The average molecular weight is 433 g/mol. The number of anilines is 1. The fourth-order valence-electron chi connectivity index (χ4n) is 2.19. The van der Waals surface area contributed by atoms with Crippen molar-refractivity contribution in [2.75, 3.05) is 11.3 Å². The highest BCUT2D eigenvalue weighted by Crippen LogP contribution is 2.27. The van der Waals surface area contributed by atoms with Crippen LogP contribution < -0.4 is 11.3 Å². The third-order valence-electron chi connectivity index (χ3n) is 3.67. The lowest BCUT2D eigenvalue weighted by Crippen LogP contribution is -2.13. The topological polar surface area (TPSA) is 81.1 Å². The van der Waals surface area contributed by atoms with Crippen LogP contribution in [0.3, 0.4) is 0 Å². The van der Waals surface area contributed by atoms with E-state index < -0.39 is 0 Å². The smallest absolute Gasteiger partial charge is 0.264 e. The molecule has 0 atom stereocenters. The van der Waals surface area contributed by atoms with Gasteiger partial charge in [0.1, 0.15) is 0 Å². The molecule has 0 aliphatic heterocycles. The Bertz CT molecular complexity index is 1000. The van der Waals surface area contributed by atoms with Gasteiger partial charge in [0.25, 0.3) is 5.95 Å². The molecule has 0 amide bonds. The van der Waals surface area contributed by atoms with Crippen molar-refractivity contribution < 1.29 is 0 Å². The first-order valence-corrected chi connectivity index (χ1v) is 10.1. The Kier molecular flexibility index (Phi) is 6.97. The molecule has 28 heavy (non-hydrogen) atoms. The highest BCUT2D eigenvalue weighted by molar-refractivity contribution is 7.98. The summed E-state index contributed by atoms with van der Waals surface area (Å²) in [5, 5.41) is 14.0. The molecule has 3 rings (SSSR count). The summed E-state index contributed by atoms with van der Waals surface area (Å²) < 4.78 is 1.36. The van der Waals surface area contributed by atoms with Crippen LogP contribution in [-0.2, 0) is 5.75 Å². The van der Waals surface area contributed by atoms with Gasteiger partial charge in [-0.3, -0.25) is 0 Å². The predicted octanol–water partition coefficient (Wildman–Crippen LogP) is 5.09. The highest BCUT2D eigenvalue weighted by Gasteiger charge is 2.10. The lowest BCUT2D eigenvalue weighted by Gasteiger charge is -2.04. The Balaban J connectivity index is 1.59. The van der Waals surface area contributed by atoms with Gasteiger partial charge in [-0.25, -0.2) is 10.1 Å². The van der Waals surface area contributed by atoms with Crippen molar-refractivity contribution in [2.24, 2.45) is 5.10 Å². The zero-order valence-corrected chi connectivity index (χ0v) is 17.3. The summed E-state index contributed by atoms with van der Waals surface area (Å²) >= 11 is 13.4. The first-order valence-electron chi connectivity index (χ1n) is 8.33. The molecule has 0 radical (unpaired) electrons. The highest BCUT2D eigenvalue weighted by atomic mass is 35.5. The minimum absolute atomic E-state index is 0.351. The summed E-state index contributed by atoms with van der Waals surface area (Å²) in [6.07, 6.45) is 3.88. The number of aromatic nitrogens is 3. The minimum Gasteiger partial charge on any atom is -0.334 e. The Labute approximate surface area is 177 Å². The lowest BCUT2D eigenvalue weighted by atomic mass is 10.2. The van der Waals surface area contributed by atoms with E-state index in [1.807, 2.05) is 61.5 Å². The maximum absolute atomic E-state index is 6.05. The Hall–Kier alpha value is -2.48. The predicted molar refractivity (Wildman–Crippen MR) is 118 cm³/mol. The second-order valence-electron chi connectivity index (χ2n) is 5.82. The van der Waals surface area contributed by atoms with Crippen LogP contribution in [0.5, 0.6) is 0 Å². The SMILES string of the molecule is CC(/C=C/c1ccccc1)=N\Nc1nnc(SCc2ccc(Cl)c(Cl)c2)n1N. The van der Waals surface area contributed by atoms with Gasteiger partial charge in [0.05, 0.1) is 15.8 Å². The Morgan fingerprint density at radius 2 is 1.96 bits per heavy atom. The van der Waals surface area contributed by atoms with Gasteiger partial charge in [-0.15, -0.1) is 10.2 Å². The number of hydrogen-bond acceptors (Lipinski definition) is 6. The number of nitrogens with zero attached hydrogens (tertiary/aromatic N) is 4. The number of hydrazone groups is 1. The molecule has 0 aliphatic rings. The molecule has 0 saturated carbocycles. The molecule has 6 nitrogen and oxygen atoms in total. The Morgan fingerprint density at radius 1 is 1.18 bits per heavy atom. The lowest BCUT2D eigenvalue weighted by molar-refractivity contribution is 0.846. The molecule has 0 bridgehead atoms. The van der Waals surface area contributed by atoms with Crippen molar-refractivity contribution >= 4 is 52.7 Å². The van der Waals surface area contributed by atoms with E-state index in [9.17, 15) is 0 Å². The molecule has 9 heteroatoms. The van der Waals surface area contributed by atoms with Gasteiger partial charge >= 0.3 is 0 Å². The van der Waals surface area contributed by atoms with Crippen molar-refractivity contribution in [2.45, 2.75) is 17.8 Å². The first kappa shape index (κ1) is 20.3. The number of thioether (sulfide) groups is 1. The van der Waals surface area contributed by atoms with Gasteiger partial charge < -0.3 is 5.84 Å². The largest absolute Gasteiger partial charge is 0.334 e. The van der Waals surface area contributed by atoms with Crippen LogP contribution in [0.2, 0.25) is 10.0 Å². The van der Waals surface area contributed by atoms with E-state index >= 15 is 0 Å². The van der Waals surface area contributed by atoms with Gasteiger partial charge in [-0.2, -0.15) is 5.10 Å². The standard InChI is InChI=1S/C19H18Cl2N6S/c1-13(7-8-14-5-3-2-4-6-14)23-24-18-25-26-19(27(18)22)28-12-15-9-10-16(20)17(21)11-15/h2-11H,12,22H2,1H3,(H,24,25)/b8-7+,23-13+. The number of halogens is 2. The van der Waals surface area contributed by atoms with Gasteiger partial charge in [-0.1, -0.05) is 77.4 Å². The second kappa shape index (κ2) is 9.64. The molecule has 0 fully saturated rings. The van der Waals surface area contributed by atoms with Crippen molar-refractivity contribution in [3.8, 4) is 0 Å². The fraction of sp³-hybridized carbons (Fsp3) is 0.105. The normalized spacial score (nSPS) is 11.9. The molecule has 3 aromatic rings. The van der Waals surface area contributed by atoms with Crippen LogP contribution in [0.25, 0.3) is 6.08 Å².